The van der Waals surface area contributed by atoms with Crippen LogP contribution in [0.15, 0.2) is 0 Å². The summed E-state index contributed by atoms with van der Waals surface area (Å²) in [6.07, 6.45) is 4.67. The molecular formula is C10H22N2O2S. The standard InChI is InChI=1S/C10H22N2O2S/c1-3-9(8-11)15(13,14)12-10(2)6-4-5-7-10/h9,12H,3-8,11H2,1-2H3. The van der Waals surface area contributed by atoms with E-state index < -0.39 is 15.3 Å². The zero-order valence-corrected chi connectivity index (χ0v) is 10.4. The normalized spacial score (nSPS) is 22.9. The van der Waals surface area contributed by atoms with Gasteiger partial charge in [-0.25, -0.2) is 13.1 Å². The van der Waals surface area contributed by atoms with E-state index in [4.69, 9.17) is 5.73 Å². The summed E-state index contributed by atoms with van der Waals surface area (Å²) in [6.45, 7) is 4.04. The smallest absolute Gasteiger partial charge is 0.216 e. The van der Waals surface area contributed by atoms with Crippen molar-refractivity contribution in [3.8, 4) is 0 Å². The van der Waals surface area contributed by atoms with Gasteiger partial charge in [-0.2, -0.15) is 0 Å². The van der Waals surface area contributed by atoms with Crippen molar-refractivity contribution < 1.29 is 8.42 Å². The van der Waals surface area contributed by atoms with E-state index in [1.807, 2.05) is 13.8 Å². The fourth-order valence-corrected chi connectivity index (χ4v) is 3.95. The molecule has 0 saturated heterocycles. The minimum atomic E-state index is -3.24. The van der Waals surface area contributed by atoms with Crippen LogP contribution in [0.2, 0.25) is 0 Å². The molecule has 0 aliphatic heterocycles. The van der Waals surface area contributed by atoms with Crippen LogP contribution in [0.3, 0.4) is 0 Å². The van der Waals surface area contributed by atoms with E-state index in [1.165, 1.54) is 0 Å². The molecule has 0 heterocycles. The van der Waals surface area contributed by atoms with Crippen molar-refractivity contribution >= 4 is 10.0 Å². The molecule has 1 saturated carbocycles. The summed E-state index contributed by atoms with van der Waals surface area (Å²) in [6, 6.07) is 0. The molecule has 90 valence electrons. The Bertz CT molecular complexity index is 291. The van der Waals surface area contributed by atoms with Crippen LogP contribution in [0, 0.1) is 0 Å². The Morgan fingerprint density at radius 2 is 1.93 bits per heavy atom. The van der Waals surface area contributed by atoms with Crippen LogP contribution in [0.4, 0.5) is 0 Å². The van der Waals surface area contributed by atoms with Gasteiger partial charge in [0, 0.05) is 12.1 Å². The Morgan fingerprint density at radius 3 is 2.33 bits per heavy atom. The molecule has 0 aromatic carbocycles. The van der Waals surface area contributed by atoms with Gasteiger partial charge in [0.2, 0.25) is 10.0 Å². The highest BCUT2D eigenvalue weighted by Crippen LogP contribution is 2.30. The molecule has 0 radical (unpaired) electrons. The van der Waals surface area contributed by atoms with Gasteiger partial charge in [0.1, 0.15) is 0 Å². The Labute approximate surface area is 92.7 Å². The summed E-state index contributed by atoms with van der Waals surface area (Å²) in [4.78, 5) is 0. The third kappa shape index (κ3) is 3.16. The fraction of sp³-hybridized carbons (Fsp3) is 1.00. The summed E-state index contributed by atoms with van der Waals surface area (Å²) in [5, 5.41) is -0.449. The molecular weight excluding hydrogens is 212 g/mol. The van der Waals surface area contributed by atoms with E-state index in [1.54, 1.807) is 0 Å². The predicted molar refractivity (Wildman–Crippen MR) is 62.1 cm³/mol. The monoisotopic (exact) mass is 234 g/mol. The van der Waals surface area contributed by atoms with Crippen LogP contribution >= 0.6 is 0 Å². The predicted octanol–water partition coefficient (Wildman–Crippen LogP) is 0.976. The highest BCUT2D eigenvalue weighted by atomic mass is 32.2. The van der Waals surface area contributed by atoms with Crippen LogP contribution in [-0.4, -0.2) is 25.8 Å². The summed E-state index contributed by atoms with van der Waals surface area (Å²) in [5.74, 6) is 0. The van der Waals surface area contributed by atoms with E-state index >= 15 is 0 Å². The number of hydrogen-bond donors (Lipinski definition) is 2. The lowest BCUT2D eigenvalue weighted by Crippen LogP contribution is -2.49. The second-order valence-electron chi connectivity index (χ2n) is 4.68. The summed E-state index contributed by atoms with van der Waals surface area (Å²) >= 11 is 0. The van der Waals surface area contributed by atoms with E-state index in [2.05, 4.69) is 4.72 Å². The molecule has 0 bridgehead atoms. The number of nitrogens with two attached hydrogens (primary N) is 1. The van der Waals surface area contributed by atoms with Gasteiger partial charge in [0.15, 0.2) is 0 Å². The number of nitrogens with one attached hydrogen (secondary N) is 1. The molecule has 3 N–H and O–H groups in total. The van der Waals surface area contributed by atoms with Crippen LogP contribution < -0.4 is 10.5 Å². The third-order valence-corrected chi connectivity index (χ3v) is 5.43. The lowest BCUT2D eigenvalue weighted by molar-refractivity contribution is 0.423. The van der Waals surface area contributed by atoms with Gasteiger partial charge in [-0.1, -0.05) is 19.8 Å². The van der Waals surface area contributed by atoms with Gasteiger partial charge in [0.25, 0.3) is 0 Å². The number of sulfonamides is 1. The number of hydrogen-bond acceptors (Lipinski definition) is 3. The second kappa shape index (κ2) is 4.80. The molecule has 5 heteroatoms. The molecule has 1 aliphatic rings. The molecule has 1 rings (SSSR count). The van der Waals surface area contributed by atoms with Gasteiger partial charge in [-0.15, -0.1) is 0 Å². The first-order chi connectivity index (χ1) is 6.93. The molecule has 0 spiro atoms. The van der Waals surface area contributed by atoms with Crippen LogP contribution in [-0.2, 0) is 10.0 Å². The van der Waals surface area contributed by atoms with E-state index in [0.717, 1.165) is 25.7 Å². The topological polar surface area (TPSA) is 72.2 Å². The average Bonchev–Trinajstić information content (AvgIpc) is 2.52. The maximum absolute atomic E-state index is 12.0. The molecule has 1 aliphatic carbocycles. The number of rotatable bonds is 5. The molecule has 0 amide bonds. The van der Waals surface area contributed by atoms with E-state index in [9.17, 15) is 8.42 Å². The SMILES string of the molecule is CCC(CN)S(=O)(=O)NC1(C)CCCC1. The maximum atomic E-state index is 12.0. The molecule has 0 aromatic rings. The van der Waals surface area contributed by atoms with Crippen molar-refractivity contribution in [2.75, 3.05) is 6.54 Å². The molecule has 0 aromatic heterocycles. The lowest BCUT2D eigenvalue weighted by atomic mass is 10.0. The summed E-state index contributed by atoms with van der Waals surface area (Å²) < 4.78 is 26.8. The van der Waals surface area contributed by atoms with Crippen molar-refractivity contribution in [3.63, 3.8) is 0 Å². The van der Waals surface area contributed by atoms with E-state index in [0.29, 0.717) is 6.42 Å². The lowest BCUT2D eigenvalue weighted by Gasteiger charge is -2.27. The largest absolute Gasteiger partial charge is 0.329 e. The second-order valence-corrected chi connectivity index (χ2v) is 6.64. The first-order valence-corrected chi connectivity index (χ1v) is 7.21. The average molecular weight is 234 g/mol. The van der Waals surface area contributed by atoms with Crippen LogP contribution in [0.1, 0.15) is 46.0 Å². The first-order valence-electron chi connectivity index (χ1n) is 5.66. The van der Waals surface area contributed by atoms with E-state index in [-0.39, 0.29) is 12.1 Å². The van der Waals surface area contributed by atoms with Gasteiger partial charge >= 0.3 is 0 Å². The highest BCUT2D eigenvalue weighted by molar-refractivity contribution is 7.90. The minimum Gasteiger partial charge on any atom is -0.329 e. The zero-order valence-electron chi connectivity index (χ0n) is 9.62. The minimum absolute atomic E-state index is 0.196. The maximum Gasteiger partial charge on any atom is 0.216 e. The van der Waals surface area contributed by atoms with Crippen LogP contribution in [0.25, 0.3) is 0 Å². The summed E-state index contributed by atoms with van der Waals surface area (Å²) in [5.41, 5.74) is 5.23. The molecule has 1 atom stereocenters. The van der Waals surface area contributed by atoms with Gasteiger partial charge in [-0.3, -0.25) is 0 Å². The molecule has 1 fully saturated rings. The Hall–Kier alpha value is -0.130. The Morgan fingerprint density at radius 1 is 1.40 bits per heavy atom. The Balaban J connectivity index is 2.70. The first kappa shape index (κ1) is 12.9. The third-order valence-electron chi connectivity index (χ3n) is 3.25. The van der Waals surface area contributed by atoms with Crippen molar-refractivity contribution in [3.05, 3.63) is 0 Å². The molecule has 1 unspecified atom stereocenters. The fourth-order valence-electron chi connectivity index (χ4n) is 2.20. The van der Waals surface area contributed by atoms with Gasteiger partial charge in [0.05, 0.1) is 5.25 Å². The Kier molecular flexibility index (Phi) is 4.14. The van der Waals surface area contributed by atoms with Crippen LogP contribution in [0.5, 0.6) is 0 Å². The quantitative estimate of drug-likeness (QED) is 0.744. The van der Waals surface area contributed by atoms with Crippen molar-refractivity contribution in [2.24, 2.45) is 5.73 Å². The highest BCUT2D eigenvalue weighted by Gasteiger charge is 2.35. The molecule has 15 heavy (non-hydrogen) atoms. The van der Waals surface area contributed by atoms with Gasteiger partial charge in [-0.05, 0) is 26.2 Å². The zero-order chi connectivity index (χ0) is 11.5. The van der Waals surface area contributed by atoms with Crippen molar-refractivity contribution in [2.45, 2.75) is 56.7 Å². The molecule has 4 nitrogen and oxygen atoms in total. The van der Waals surface area contributed by atoms with Crippen molar-refractivity contribution in [1.29, 1.82) is 0 Å². The summed E-state index contributed by atoms with van der Waals surface area (Å²) in [7, 11) is -3.24. The van der Waals surface area contributed by atoms with Crippen molar-refractivity contribution in [1.82, 2.24) is 4.72 Å². The van der Waals surface area contributed by atoms with Gasteiger partial charge < -0.3 is 5.73 Å².